The molecule has 0 spiro atoms. The molecule has 3 atom stereocenters. The molecule has 24 heavy (non-hydrogen) atoms. The summed E-state index contributed by atoms with van der Waals surface area (Å²) in [6.45, 7) is 2.04. The van der Waals surface area contributed by atoms with E-state index in [2.05, 4.69) is 15.5 Å². The van der Waals surface area contributed by atoms with E-state index in [1.54, 1.807) is 0 Å². The van der Waals surface area contributed by atoms with Crippen LogP contribution in [0.3, 0.4) is 0 Å². The van der Waals surface area contributed by atoms with Gasteiger partial charge in [-0.25, -0.2) is 0 Å². The van der Waals surface area contributed by atoms with Crippen LogP contribution in [0.4, 0.5) is 0 Å². The van der Waals surface area contributed by atoms with Crippen LogP contribution in [-0.4, -0.2) is 27.8 Å². The average Bonchev–Trinajstić information content (AvgIpc) is 3.30. The molecular formula is C18H21N3O2S. The minimum atomic E-state index is 0.0626. The van der Waals surface area contributed by atoms with Gasteiger partial charge in [0, 0.05) is 11.6 Å². The van der Waals surface area contributed by atoms with Crippen molar-refractivity contribution in [2.45, 2.75) is 43.9 Å². The molecule has 4 rings (SSSR count). The van der Waals surface area contributed by atoms with Crippen molar-refractivity contribution in [3.8, 4) is 11.4 Å². The normalized spacial score (nSPS) is 25.1. The monoisotopic (exact) mass is 343 g/mol. The fourth-order valence-electron chi connectivity index (χ4n) is 3.89. The van der Waals surface area contributed by atoms with Crippen molar-refractivity contribution < 1.29 is 9.32 Å². The number of hydrogen-bond donors (Lipinski definition) is 1. The summed E-state index contributed by atoms with van der Waals surface area (Å²) in [4.78, 5) is 16.5. The second kappa shape index (κ2) is 6.59. The molecule has 2 aliphatic carbocycles. The highest BCUT2D eigenvalue weighted by Gasteiger charge is 2.40. The molecule has 6 heteroatoms. The Labute approximate surface area is 145 Å². The van der Waals surface area contributed by atoms with E-state index in [4.69, 9.17) is 4.52 Å². The number of carbonyl (C=O) groups is 1. The summed E-state index contributed by atoms with van der Waals surface area (Å²) in [5, 5.41) is 7.60. The highest BCUT2D eigenvalue weighted by atomic mass is 32.2. The Kier molecular flexibility index (Phi) is 4.31. The average molecular weight is 343 g/mol. The maximum atomic E-state index is 12.1. The Morgan fingerprint density at radius 3 is 2.83 bits per heavy atom. The lowest BCUT2D eigenvalue weighted by Gasteiger charge is -2.22. The molecule has 0 radical (unpaired) electrons. The van der Waals surface area contributed by atoms with Crippen LogP contribution in [0, 0.1) is 18.8 Å². The van der Waals surface area contributed by atoms with Gasteiger partial charge in [-0.1, -0.05) is 53.2 Å². The molecule has 0 unspecified atom stereocenters. The number of nitrogens with one attached hydrogen (secondary N) is 1. The largest absolute Gasteiger partial charge is 0.352 e. The Balaban J connectivity index is 1.30. The summed E-state index contributed by atoms with van der Waals surface area (Å²) in [7, 11) is 0. The van der Waals surface area contributed by atoms with Crippen molar-refractivity contribution >= 4 is 17.7 Å². The van der Waals surface area contributed by atoms with E-state index in [1.807, 2.05) is 31.2 Å². The number of nitrogens with zero attached hydrogens (tertiary/aromatic N) is 2. The fourth-order valence-corrected chi connectivity index (χ4v) is 4.46. The number of carbonyl (C=O) groups excluding carboxylic acids is 1. The number of thioether (sulfide) groups is 1. The van der Waals surface area contributed by atoms with Crippen molar-refractivity contribution in [3.63, 3.8) is 0 Å². The maximum Gasteiger partial charge on any atom is 0.286 e. The first-order valence-corrected chi connectivity index (χ1v) is 9.49. The van der Waals surface area contributed by atoms with Gasteiger partial charge < -0.3 is 9.84 Å². The van der Waals surface area contributed by atoms with Crippen molar-refractivity contribution in [2.24, 2.45) is 11.8 Å². The van der Waals surface area contributed by atoms with Crippen LogP contribution in [0.15, 0.2) is 34.0 Å². The van der Waals surface area contributed by atoms with Crippen LogP contribution in [0.1, 0.15) is 31.2 Å². The minimum Gasteiger partial charge on any atom is -0.352 e. The van der Waals surface area contributed by atoms with Crippen LogP contribution in [0.5, 0.6) is 0 Å². The van der Waals surface area contributed by atoms with Crippen LogP contribution >= 0.6 is 11.8 Å². The molecule has 2 aromatic rings. The Bertz CT molecular complexity index is 728. The first-order valence-electron chi connectivity index (χ1n) is 8.50. The zero-order chi connectivity index (χ0) is 16.5. The summed E-state index contributed by atoms with van der Waals surface area (Å²) in [6, 6.07) is 8.35. The van der Waals surface area contributed by atoms with Gasteiger partial charge in [0.1, 0.15) is 0 Å². The molecule has 2 saturated carbocycles. The van der Waals surface area contributed by atoms with Gasteiger partial charge in [0.2, 0.25) is 11.7 Å². The zero-order valence-electron chi connectivity index (χ0n) is 13.7. The number of benzene rings is 1. The third-order valence-electron chi connectivity index (χ3n) is 5.13. The molecule has 0 saturated heterocycles. The summed E-state index contributed by atoms with van der Waals surface area (Å²) < 4.78 is 5.24. The molecule has 126 valence electrons. The molecule has 1 aromatic carbocycles. The Hall–Kier alpha value is -1.82. The molecule has 1 amide bonds. The fraction of sp³-hybridized carbons (Fsp3) is 0.500. The molecule has 1 N–H and O–H groups in total. The van der Waals surface area contributed by atoms with E-state index < -0.39 is 0 Å². The van der Waals surface area contributed by atoms with Gasteiger partial charge in [-0.05, 0) is 38.0 Å². The van der Waals surface area contributed by atoms with Crippen molar-refractivity contribution in [1.82, 2.24) is 15.5 Å². The summed E-state index contributed by atoms with van der Waals surface area (Å²) in [6.07, 6.45) is 5.06. The van der Waals surface area contributed by atoms with Crippen molar-refractivity contribution in [2.75, 3.05) is 5.75 Å². The van der Waals surface area contributed by atoms with Crippen LogP contribution in [0.2, 0.25) is 0 Å². The predicted molar refractivity (Wildman–Crippen MR) is 92.6 cm³/mol. The van der Waals surface area contributed by atoms with Crippen LogP contribution < -0.4 is 5.32 Å². The third-order valence-corrected chi connectivity index (χ3v) is 5.95. The molecule has 2 fully saturated rings. The standard InChI is InChI=1S/C18H21N3O2S/c1-11-2-5-13(6-3-11)17-20-18(23-21-17)24-10-16(22)19-15-9-12-4-7-14(15)8-12/h2-3,5-6,12,14-15H,4,7-10H2,1H3,(H,19,22)/t12-,14-,15-/m0/s1. The SMILES string of the molecule is Cc1ccc(-c2noc(SCC(=O)N[C@H]3C[C@H]4CC[C@H]3C4)n2)cc1. The number of hydrogen-bond acceptors (Lipinski definition) is 5. The summed E-state index contributed by atoms with van der Waals surface area (Å²) >= 11 is 1.30. The number of amides is 1. The third kappa shape index (κ3) is 3.34. The molecule has 2 aliphatic rings. The zero-order valence-corrected chi connectivity index (χ0v) is 14.5. The molecular weight excluding hydrogens is 322 g/mol. The molecule has 0 aliphatic heterocycles. The van der Waals surface area contributed by atoms with Crippen LogP contribution in [0.25, 0.3) is 11.4 Å². The van der Waals surface area contributed by atoms with Gasteiger partial charge in [-0.15, -0.1) is 0 Å². The second-order valence-corrected chi connectivity index (χ2v) is 7.81. The quantitative estimate of drug-likeness (QED) is 0.842. The van der Waals surface area contributed by atoms with E-state index in [-0.39, 0.29) is 5.91 Å². The van der Waals surface area contributed by atoms with Gasteiger partial charge in [-0.2, -0.15) is 4.98 Å². The van der Waals surface area contributed by atoms with Gasteiger partial charge in [0.25, 0.3) is 5.22 Å². The van der Waals surface area contributed by atoms with Gasteiger partial charge in [0.05, 0.1) is 5.75 Å². The topological polar surface area (TPSA) is 68.0 Å². The summed E-state index contributed by atoms with van der Waals surface area (Å²) in [5.74, 6) is 2.48. The van der Waals surface area contributed by atoms with Gasteiger partial charge in [0.15, 0.2) is 0 Å². The van der Waals surface area contributed by atoms with Gasteiger partial charge in [-0.3, -0.25) is 4.79 Å². The minimum absolute atomic E-state index is 0.0626. The predicted octanol–water partition coefficient (Wildman–Crippen LogP) is 3.44. The maximum absolute atomic E-state index is 12.1. The van der Waals surface area contributed by atoms with Crippen molar-refractivity contribution in [1.29, 1.82) is 0 Å². The Morgan fingerprint density at radius 1 is 1.29 bits per heavy atom. The van der Waals surface area contributed by atoms with E-state index in [9.17, 15) is 4.79 Å². The van der Waals surface area contributed by atoms with E-state index in [0.717, 1.165) is 17.9 Å². The second-order valence-electron chi connectivity index (χ2n) is 6.89. The lowest BCUT2D eigenvalue weighted by Crippen LogP contribution is -2.39. The lowest BCUT2D eigenvalue weighted by molar-refractivity contribution is -0.119. The number of aryl methyl sites for hydroxylation is 1. The van der Waals surface area contributed by atoms with E-state index in [0.29, 0.717) is 28.8 Å². The highest BCUT2D eigenvalue weighted by molar-refractivity contribution is 7.99. The number of aromatic nitrogens is 2. The van der Waals surface area contributed by atoms with Gasteiger partial charge >= 0.3 is 0 Å². The first-order chi connectivity index (χ1) is 11.7. The molecule has 1 aromatic heterocycles. The number of rotatable bonds is 5. The Morgan fingerprint density at radius 2 is 2.12 bits per heavy atom. The lowest BCUT2D eigenvalue weighted by atomic mass is 9.95. The summed E-state index contributed by atoms with van der Waals surface area (Å²) in [5.41, 5.74) is 2.11. The molecule has 5 nitrogen and oxygen atoms in total. The highest BCUT2D eigenvalue weighted by Crippen LogP contribution is 2.44. The first kappa shape index (κ1) is 15.7. The van der Waals surface area contributed by atoms with Crippen LogP contribution in [-0.2, 0) is 4.79 Å². The van der Waals surface area contributed by atoms with Crippen molar-refractivity contribution in [3.05, 3.63) is 29.8 Å². The van der Waals surface area contributed by atoms with E-state index in [1.165, 1.54) is 36.6 Å². The molecule has 1 heterocycles. The smallest absolute Gasteiger partial charge is 0.286 e. The molecule has 2 bridgehead atoms. The number of fused-ring (bicyclic) bond motifs is 2. The van der Waals surface area contributed by atoms with E-state index >= 15 is 0 Å².